The lowest BCUT2D eigenvalue weighted by Gasteiger charge is -2.13. The Morgan fingerprint density at radius 2 is 2.35 bits per heavy atom. The first-order chi connectivity index (χ1) is 9.78. The average Bonchev–Trinajstić information content (AvgIpc) is 3.14. The maximum Gasteiger partial charge on any atom is 0.253 e. The monoisotopic (exact) mass is 272 g/mol. The number of hydrogen-bond acceptors (Lipinski definition) is 5. The number of pyridine rings is 1. The first kappa shape index (κ1) is 12.4. The average molecular weight is 272 g/mol. The van der Waals surface area contributed by atoms with Gasteiger partial charge in [0.1, 0.15) is 18.1 Å². The zero-order valence-electron chi connectivity index (χ0n) is 10.4. The molecule has 3 aromatic heterocycles. The fourth-order valence-corrected chi connectivity index (χ4v) is 1.90. The summed E-state index contributed by atoms with van der Waals surface area (Å²) in [7, 11) is 0. The second-order valence-corrected chi connectivity index (χ2v) is 4.24. The smallest absolute Gasteiger partial charge is 0.253 e. The molecular weight excluding hydrogens is 260 g/mol. The van der Waals surface area contributed by atoms with Crippen LogP contribution >= 0.6 is 0 Å². The van der Waals surface area contributed by atoms with Gasteiger partial charge < -0.3 is 14.8 Å². The van der Waals surface area contributed by atoms with Crippen molar-refractivity contribution in [1.82, 2.24) is 19.9 Å². The number of aliphatic hydroxyl groups excluding tert-OH is 1. The van der Waals surface area contributed by atoms with Gasteiger partial charge in [-0.05, 0) is 24.3 Å². The van der Waals surface area contributed by atoms with Crippen molar-refractivity contribution in [2.24, 2.45) is 0 Å². The maximum atomic E-state index is 12.2. The van der Waals surface area contributed by atoms with Crippen LogP contribution in [0.5, 0.6) is 0 Å². The van der Waals surface area contributed by atoms with Crippen LogP contribution in [0.4, 0.5) is 0 Å². The van der Waals surface area contributed by atoms with Gasteiger partial charge in [-0.3, -0.25) is 9.20 Å². The molecule has 1 atom stereocenters. The van der Waals surface area contributed by atoms with Gasteiger partial charge >= 0.3 is 0 Å². The molecule has 0 fully saturated rings. The van der Waals surface area contributed by atoms with Gasteiger partial charge in [0.15, 0.2) is 5.65 Å². The van der Waals surface area contributed by atoms with Gasteiger partial charge in [0.25, 0.3) is 5.91 Å². The molecular formula is C13H12N4O3. The Balaban J connectivity index is 1.81. The molecule has 7 nitrogen and oxygen atoms in total. The number of aliphatic hydroxyl groups is 1. The van der Waals surface area contributed by atoms with Gasteiger partial charge in [0.2, 0.25) is 0 Å². The highest BCUT2D eigenvalue weighted by Crippen LogP contribution is 2.14. The van der Waals surface area contributed by atoms with Crippen LogP contribution in [-0.4, -0.2) is 32.2 Å². The molecule has 0 bridgehead atoms. The molecule has 3 rings (SSSR count). The lowest BCUT2D eigenvalue weighted by atomic mass is 10.2. The second kappa shape index (κ2) is 5.14. The highest BCUT2D eigenvalue weighted by molar-refractivity contribution is 5.94. The molecule has 1 amide bonds. The summed E-state index contributed by atoms with van der Waals surface area (Å²) in [5, 5.41) is 19.6. The van der Waals surface area contributed by atoms with Crippen molar-refractivity contribution in [3.05, 3.63) is 54.4 Å². The molecule has 102 valence electrons. The lowest BCUT2D eigenvalue weighted by Crippen LogP contribution is -2.30. The van der Waals surface area contributed by atoms with E-state index in [0.29, 0.717) is 17.0 Å². The zero-order chi connectivity index (χ0) is 13.9. The fourth-order valence-electron chi connectivity index (χ4n) is 1.90. The molecule has 0 aliphatic heterocycles. The van der Waals surface area contributed by atoms with E-state index in [1.807, 2.05) is 0 Å². The van der Waals surface area contributed by atoms with E-state index in [1.54, 1.807) is 34.9 Å². The van der Waals surface area contributed by atoms with Gasteiger partial charge in [-0.1, -0.05) is 0 Å². The Morgan fingerprint density at radius 3 is 3.10 bits per heavy atom. The number of hydrogen-bond donors (Lipinski definition) is 2. The van der Waals surface area contributed by atoms with Crippen LogP contribution in [-0.2, 0) is 0 Å². The van der Waals surface area contributed by atoms with Crippen LogP contribution in [0.15, 0.2) is 47.5 Å². The first-order valence-corrected chi connectivity index (χ1v) is 6.02. The first-order valence-electron chi connectivity index (χ1n) is 6.02. The number of nitrogens with one attached hydrogen (secondary N) is 1. The van der Waals surface area contributed by atoms with E-state index in [-0.39, 0.29) is 12.5 Å². The van der Waals surface area contributed by atoms with Gasteiger partial charge in [0, 0.05) is 6.20 Å². The van der Waals surface area contributed by atoms with Gasteiger partial charge in [-0.25, -0.2) is 0 Å². The van der Waals surface area contributed by atoms with E-state index < -0.39 is 6.04 Å². The van der Waals surface area contributed by atoms with Crippen LogP contribution in [0.25, 0.3) is 5.65 Å². The summed E-state index contributed by atoms with van der Waals surface area (Å²) in [4.78, 5) is 12.2. The Hall–Kier alpha value is -2.67. The fraction of sp³-hybridized carbons (Fsp3) is 0.154. The Kier molecular flexibility index (Phi) is 3.18. The topological polar surface area (TPSA) is 92.7 Å². The zero-order valence-corrected chi connectivity index (χ0v) is 10.4. The van der Waals surface area contributed by atoms with Crippen molar-refractivity contribution in [2.75, 3.05) is 6.61 Å². The van der Waals surface area contributed by atoms with Gasteiger partial charge in [0.05, 0.1) is 18.4 Å². The van der Waals surface area contributed by atoms with Crippen molar-refractivity contribution in [1.29, 1.82) is 0 Å². The van der Waals surface area contributed by atoms with Crippen LogP contribution in [0, 0.1) is 0 Å². The molecule has 20 heavy (non-hydrogen) atoms. The third-order valence-corrected chi connectivity index (χ3v) is 2.93. The number of carbonyl (C=O) groups excluding carboxylic acids is 1. The standard InChI is InChI=1S/C13H12N4O3/c18-7-10(11-2-1-5-20-11)15-13(19)9-3-4-12-16-14-8-17(12)6-9/h1-6,8,10,18H,7H2,(H,15,19). The molecule has 1 unspecified atom stereocenters. The minimum absolute atomic E-state index is 0.242. The van der Waals surface area contributed by atoms with E-state index in [4.69, 9.17) is 4.42 Å². The normalized spacial score (nSPS) is 12.4. The number of nitrogens with zero attached hydrogens (tertiary/aromatic N) is 3. The predicted octanol–water partition coefficient (Wildman–Crippen LogP) is 0.786. The largest absolute Gasteiger partial charge is 0.467 e. The summed E-state index contributed by atoms with van der Waals surface area (Å²) in [5.41, 5.74) is 1.11. The summed E-state index contributed by atoms with van der Waals surface area (Å²) < 4.78 is 6.83. The number of carbonyl (C=O) groups is 1. The number of amides is 1. The van der Waals surface area contributed by atoms with Gasteiger partial charge in [-0.15, -0.1) is 10.2 Å². The van der Waals surface area contributed by atoms with Crippen LogP contribution < -0.4 is 5.32 Å². The van der Waals surface area contributed by atoms with E-state index in [0.717, 1.165) is 0 Å². The van der Waals surface area contributed by atoms with E-state index >= 15 is 0 Å². The molecule has 7 heteroatoms. The number of aromatic nitrogens is 3. The predicted molar refractivity (Wildman–Crippen MR) is 69.0 cm³/mol. The molecule has 0 saturated carbocycles. The molecule has 0 spiro atoms. The van der Waals surface area contributed by atoms with Gasteiger partial charge in [-0.2, -0.15) is 0 Å². The molecule has 0 radical (unpaired) electrons. The van der Waals surface area contributed by atoms with Crippen LogP contribution in [0.2, 0.25) is 0 Å². The maximum absolute atomic E-state index is 12.2. The highest BCUT2D eigenvalue weighted by atomic mass is 16.3. The van der Waals surface area contributed by atoms with E-state index in [1.165, 1.54) is 12.6 Å². The van der Waals surface area contributed by atoms with Crippen molar-refractivity contribution in [3.63, 3.8) is 0 Å². The van der Waals surface area contributed by atoms with Crippen molar-refractivity contribution in [3.8, 4) is 0 Å². The summed E-state index contributed by atoms with van der Waals surface area (Å²) in [5.74, 6) is 0.197. The minimum Gasteiger partial charge on any atom is -0.467 e. The second-order valence-electron chi connectivity index (χ2n) is 4.24. The highest BCUT2D eigenvalue weighted by Gasteiger charge is 2.17. The Labute approximate surface area is 113 Å². The Morgan fingerprint density at radius 1 is 1.45 bits per heavy atom. The van der Waals surface area contributed by atoms with Crippen molar-refractivity contribution in [2.45, 2.75) is 6.04 Å². The summed E-state index contributed by atoms with van der Waals surface area (Å²) in [6.45, 7) is -0.242. The minimum atomic E-state index is -0.575. The van der Waals surface area contributed by atoms with Crippen LogP contribution in [0.3, 0.4) is 0 Å². The molecule has 3 heterocycles. The Bertz CT molecular complexity index is 720. The van der Waals surface area contributed by atoms with Crippen LogP contribution in [0.1, 0.15) is 22.2 Å². The van der Waals surface area contributed by atoms with E-state index in [2.05, 4.69) is 15.5 Å². The third-order valence-electron chi connectivity index (χ3n) is 2.93. The SMILES string of the molecule is O=C(NC(CO)c1ccco1)c1ccc2nncn2c1. The third kappa shape index (κ3) is 2.26. The van der Waals surface area contributed by atoms with Crippen molar-refractivity contribution >= 4 is 11.6 Å². The number of fused-ring (bicyclic) bond motifs is 1. The number of rotatable bonds is 4. The van der Waals surface area contributed by atoms with E-state index in [9.17, 15) is 9.90 Å². The molecule has 0 saturated heterocycles. The molecule has 2 N–H and O–H groups in total. The molecule has 3 aromatic rings. The quantitative estimate of drug-likeness (QED) is 0.732. The number of furan rings is 1. The molecule has 0 aromatic carbocycles. The van der Waals surface area contributed by atoms with Crippen molar-refractivity contribution < 1.29 is 14.3 Å². The lowest BCUT2D eigenvalue weighted by molar-refractivity contribution is 0.0907. The summed E-state index contributed by atoms with van der Waals surface area (Å²) in [6, 6.07) is 6.17. The summed E-state index contributed by atoms with van der Waals surface area (Å²) >= 11 is 0. The molecule has 0 aliphatic rings. The molecule has 0 aliphatic carbocycles. The summed E-state index contributed by atoms with van der Waals surface area (Å²) in [6.07, 6.45) is 4.64.